The maximum Gasteiger partial charge on any atom is 0.0883 e. The molecule has 2 aromatic carbocycles. The van der Waals surface area contributed by atoms with Gasteiger partial charge in [0.2, 0.25) is 0 Å². The summed E-state index contributed by atoms with van der Waals surface area (Å²) in [5.41, 5.74) is 10.2. The number of aryl methyl sites for hydroxylation is 1. The van der Waals surface area contributed by atoms with E-state index < -0.39 is 0 Å². The summed E-state index contributed by atoms with van der Waals surface area (Å²) in [7, 11) is 0. The number of allylic oxidation sites excluding steroid dienone is 3. The number of nitrogens with zero attached hydrogens (tertiary/aromatic N) is 2. The molecule has 3 aromatic heterocycles. The van der Waals surface area contributed by atoms with Crippen molar-refractivity contribution in [2.75, 3.05) is 0 Å². The van der Waals surface area contributed by atoms with Gasteiger partial charge < -0.3 is 9.97 Å². The normalized spacial score (nSPS) is 17.4. The number of nitrogens with one attached hydrogen (secondary N) is 2. The molecular formula is C39H32N4. The van der Waals surface area contributed by atoms with Gasteiger partial charge in [-0.3, -0.25) is 9.98 Å². The van der Waals surface area contributed by atoms with Crippen molar-refractivity contribution in [2.45, 2.75) is 26.2 Å². The van der Waals surface area contributed by atoms with E-state index in [9.17, 15) is 0 Å². The molecule has 208 valence electrons. The Morgan fingerprint density at radius 3 is 2.49 bits per heavy atom. The van der Waals surface area contributed by atoms with Crippen molar-refractivity contribution < 1.29 is 0 Å². The first-order valence-electron chi connectivity index (χ1n) is 14.8. The summed E-state index contributed by atoms with van der Waals surface area (Å²) >= 11 is 0. The molecule has 0 radical (unpaired) electrons. The zero-order valence-corrected chi connectivity index (χ0v) is 24.1. The topological polar surface area (TPSA) is 56.8 Å². The third kappa shape index (κ3) is 5.34. The second-order valence-electron chi connectivity index (χ2n) is 11.1. The lowest BCUT2D eigenvalue weighted by Crippen LogP contribution is -2.21. The van der Waals surface area contributed by atoms with Crippen LogP contribution in [0.3, 0.4) is 0 Å². The number of aromatic nitrogens is 3. The van der Waals surface area contributed by atoms with E-state index in [1.54, 1.807) is 0 Å². The molecule has 2 N–H and O–H groups in total. The summed E-state index contributed by atoms with van der Waals surface area (Å²) in [4.78, 5) is 16.5. The first-order chi connectivity index (χ1) is 21.2. The van der Waals surface area contributed by atoms with E-state index in [0.29, 0.717) is 0 Å². The molecule has 0 saturated heterocycles. The van der Waals surface area contributed by atoms with E-state index in [1.165, 1.54) is 27.7 Å². The van der Waals surface area contributed by atoms with E-state index in [1.807, 2.05) is 25.4 Å². The molecule has 0 bridgehead atoms. The number of pyridine rings is 1. The molecule has 4 nitrogen and oxygen atoms in total. The molecule has 2 aliphatic rings. The molecule has 43 heavy (non-hydrogen) atoms. The summed E-state index contributed by atoms with van der Waals surface area (Å²) in [5, 5.41) is 4.53. The molecule has 7 rings (SSSR count). The average Bonchev–Trinajstić information content (AvgIpc) is 3.61. The molecule has 1 atom stereocenters. The van der Waals surface area contributed by atoms with Gasteiger partial charge in [0.25, 0.3) is 0 Å². The van der Waals surface area contributed by atoms with Crippen LogP contribution in [0.25, 0.3) is 64.0 Å². The fourth-order valence-electron chi connectivity index (χ4n) is 5.95. The number of benzene rings is 2. The molecule has 1 aliphatic carbocycles. The number of hydrogen-bond donors (Lipinski definition) is 2. The molecule has 0 spiro atoms. The lowest BCUT2D eigenvalue weighted by atomic mass is 10.0. The van der Waals surface area contributed by atoms with Crippen molar-refractivity contribution in [3.63, 3.8) is 0 Å². The van der Waals surface area contributed by atoms with Gasteiger partial charge >= 0.3 is 0 Å². The molecular weight excluding hydrogens is 524 g/mol. The molecule has 4 heteroatoms. The van der Waals surface area contributed by atoms with Crippen LogP contribution in [0.5, 0.6) is 0 Å². The highest BCUT2D eigenvalue weighted by Crippen LogP contribution is 2.29. The van der Waals surface area contributed by atoms with Crippen molar-refractivity contribution in [1.29, 1.82) is 0 Å². The van der Waals surface area contributed by atoms with Crippen LogP contribution in [-0.4, -0.2) is 21.2 Å². The lowest BCUT2D eigenvalue weighted by molar-refractivity contribution is 0.889. The minimum Gasteiger partial charge on any atom is -0.358 e. The molecule has 4 heterocycles. The number of fused-ring (bicyclic) bond motifs is 4. The van der Waals surface area contributed by atoms with Crippen LogP contribution in [0, 0.1) is 18.3 Å². The first kappa shape index (κ1) is 26.5. The van der Waals surface area contributed by atoms with E-state index in [-0.39, 0.29) is 5.92 Å². The predicted molar refractivity (Wildman–Crippen MR) is 183 cm³/mol. The minimum absolute atomic E-state index is 0.239. The van der Waals surface area contributed by atoms with Crippen LogP contribution in [0.2, 0.25) is 0 Å². The number of hydrogen-bond acceptors (Lipinski definition) is 2. The highest BCUT2D eigenvalue weighted by molar-refractivity contribution is 5.93. The van der Waals surface area contributed by atoms with Crippen molar-refractivity contribution >= 4 is 70.2 Å². The summed E-state index contributed by atoms with van der Waals surface area (Å²) in [5.74, 6) is 2.91. The van der Waals surface area contributed by atoms with Crippen molar-refractivity contribution in [1.82, 2.24) is 15.0 Å². The largest absolute Gasteiger partial charge is 0.358 e. The van der Waals surface area contributed by atoms with Gasteiger partial charge in [0.15, 0.2) is 0 Å². The van der Waals surface area contributed by atoms with Crippen LogP contribution in [0.4, 0.5) is 0 Å². The Labute approximate surface area is 251 Å². The summed E-state index contributed by atoms with van der Waals surface area (Å²) in [6.45, 7) is 2.01. The fourth-order valence-corrected chi connectivity index (χ4v) is 5.95. The number of aromatic amines is 2. The standard InChI is InChI=1S/C39H32N4/c1-3-7-30-32-22-26(14-18-36(32)42-34(30)4-2)10-12-28-16-20-38(40-24-28)39-21-17-29(25-41-39)13-11-27-15-19-37-33(23-27)31-8-5-6-9-35(31)43-37/h1,4-5,7-8,10-15,17-25,28,42-43H,6,9,16H2,2H3/b12-10+,13-11+,30-7-,34-4+. The van der Waals surface area contributed by atoms with E-state index in [2.05, 4.69) is 113 Å². The Morgan fingerprint density at radius 2 is 1.72 bits per heavy atom. The fraction of sp³-hybridized carbons (Fsp3) is 0.128. The number of terminal acetylenes is 1. The first-order valence-corrected chi connectivity index (χ1v) is 14.8. The quantitative estimate of drug-likeness (QED) is 0.216. The number of aliphatic imine (C=N–C) groups is 1. The monoisotopic (exact) mass is 556 g/mol. The minimum atomic E-state index is 0.239. The highest BCUT2D eigenvalue weighted by atomic mass is 14.8. The molecule has 0 amide bonds. The van der Waals surface area contributed by atoms with Gasteiger partial charge in [0.1, 0.15) is 0 Å². The third-order valence-corrected chi connectivity index (χ3v) is 8.24. The van der Waals surface area contributed by atoms with E-state index >= 15 is 0 Å². The van der Waals surface area contributed by atoms with E-state index in [4.69, 9.17) is 16.4 Å². The predicted octanol–water partition coefficient (Wildman–Crippen LogP) is 7.53. The van der Waals surface area contributed by atoms with Gasteiger partial charge in [-0.2, -0.15) is 0 Å². The Bertz CT molecular complexity index is 2170. The van der Waals surface area contributed by atoms with Crippen LogP contribution < -0.4 is 10.6 Å². The van der Waals surface area contributed by atoms with Crippen LogP contribution in [0.1, 0.15) is 53.4 Å². The maximum atomic E-state index is 5.58. The summed E-state index contributed by atoms with van der Waals surface area (Å²) < 4.78 is 0. The third-order valence-electron chi connectivity index (χ3n) is 8.24. The van der Waals surface area contributed by atoms with Gasteiger partial charge in [-0.25, -0.2) is 0 Å². The Kier molecular flexibility index (Phi) is 7.07. The van der Waals surface area contributed by atoms with Gasteiger partial charge in [0.05, 0.1) is 11.4 Å². The Balaban J connectivity index is 1.01. The lowest BCUT2D eigenvalue weighted by Gasteiger charge is -2.12. The van der Waals surface area contributed by atoms with Gasteiger partial charge in [0, 0.05) is 62.0 Å². The van der Waals surface area contributed by atoms with E-state index in [0.717, 1.165) is 63.3 Å². The second kappa shape index (κ2) is 11.5. The summed E-state index contributed by atoms with van der Waals surface area (Å²) in [6, 6.07) is 17.2. The Hall–Kier alpha value is -5.40. The molecule has 5 aromatic rings. The smallest absolute Gasteiger partial charge is 0.0883 e. The highest BCUT2D eigenvalue weighted by Gasteiger charge is 2.12. The second-order valence-corrected chi connectivity index (χ2v) is 11.1. The Morgan fingerprint density at radius 1 is 0.930 bits per heavy atom. The molecule has 0 fully saturated rings. The molecule has 1 unspecified atom stereocenters. The van der Waals surface area contributed by atoms with Crippen molar-refractivity contribution in [3.8, 4) is 12.3 Å². The SMILES string of the molecule is C#C/C=c1\c(=C/C)[nH]c2ccc(/C=C/C3C=NC(c4ccc(/C=C/c5ccc6[nH]c7c(c6c5)C=CCC7)cn4)=CC3)cc12. The number of H-pyrrole nitrogens is 2. The zero-order valence-electron chi connectivity index (χ0n) is 24.1. The summed E-state index contributed by atoms with van der Waals surface area (Å²) in [6.07, 6.45) is 31.8. The average molecular weight is 557 g/mol. The van der Waals surface area contributed by atoms with Crippen LogP contribution >= 0.6 is 0 Å². The van der Waals surface area contributed by atoms with Crippen LogP contribution in [0.15, 0.2) is 77.9 Å². The van der Waals surface area contributed by atoms with Crippen molar-refractivity contribution in [3.05, 3.63) is 117 Å². The maximum absolute atomic E-state index is 5.58. The molecule has 0 saturated carbocycles. The van der Waals surface area contributed by atoms with Crippen LogP contribution in [-0.2, 0) is 6.42 Å². The van der Waals surface area contributed by atoms with Gasteiger partial charge in [-0.15, -0.1) is 6.42 Å². The van der Waals surface area contributed by atoms with Crippen molar-refractivity contribution in [2.24, 2.45) is 10.9 Å². The van der Waals surface area contributed by atoms with Gasteiger partial charge in [-0.1, -0.05) is 72.7 Å². The van der Waals surface area contributed by atoms with Gasteiger partial charge in [-0.05, 0) is 79.3 Å². The molecule has 1 aliphatic heterocycles. The number of rotatable bonds is 5. The zero-order chi connectivity index (χ0) is 29.2.